The van der Waals surface area contributed by atoms with Crippen molar-refractivity contribution in [3.63, 3.8) is 0 Å². The number of carboxylic acid groups (broad SMARTS) is 1. The zero-order valence-corrected chi connectivity index (χ0v) is 18.9. The van der Waals surface area contributed by atoms with Crippen LogP contribution in [0.15, 0.2) is 23.8 Å². The van der Waals surface area contributed by atoms with E-state index in [0.29, 0.717) is 12.8 Å². The van der Waals surface area contributed by atoms with Crippen LogP contribution in [0.25, 0.3) is 0 Å². The lowest BCUT2D eigenvalue weighted by Crippen LogP contribution is -2.64. The lowest BCUT2D eigenvalue weighted by molar-refractivity contribution is -0.201. The van der Waals surface area contributed by atoms with Gasteiger partial charge in [-0.25, -0.2) is 4.79 Å². The van der Waals surface area contributed by atoms with Crippen LogP contribution >= 0.6 is 0 Å². The van der Waals surface area contributed by atoms with E-state index < -0.39 is 46.7 Å². The first-order valence-electron chi connectivity index (χ1n) is 11.8. The summed E-state index contributed by atoms with van der Waals surface area (Å²) in [6.07, 6.45) is 6.97. The topological polar surface area (TPSA) is 110 Å². The second-order valence-electron chi connectivity index (χ2n) is 10.8. The number of carbonyl (C=O) groups excluding carboxylic acids is 2. The van der Waals surface area contributed by atoms with Gasteiger partial charge in [-0.05, 0) is 56.1 Å². The summed E-state index contributed by atoms with van der Waals surface area (Å²) in [6, 6.07) is 0. The van der Waals surface area contributed by atoms with Gasteiger partial charge in [0.25, 0.3) is 5.78 Å². The van der Waals surface area contributed by atoms with E-state index >= 15 is 0 Å². The molecule has 1 aliphatic heterocycles. The maximum absolute atomic E-state index is 13.2. The Morgan fingerprint density at radius 3 is 2.72 bits per heavy atom. The number of aliphatic hydroxyl groups excluding tert-OH is 1. The number of aliphatic carboxylic acids is 1. The Morgan fingerprint density at radius 1 is 1.28 bits per heavy atom. The minimum absolute atomic E-state index is 0.0174. The first-order chi connectivity index (χ1) is 15.1. The van der Waals surface area contributed by atoms with E-state index in [1.807, 2.05) is 19.9 Å². The number of ether oxygens (including phenoxy) is 2. The number of aliphatic hydroxyl groups is 1. The molecule has 174 valence electrons. The molecule has 4 fully saturated rings. The lowest BCUT2D eigenvalue weighted by atomic mass is 9.46. The molecule has 0 spiro atoms. The first kappa shape index (κ1) is 22.0. The molecule has 0 aromatic carbocycles. The Balaban J connectivity index is 1.57. The van der Waals surface area contributed by atoms with Gasteiger partial charge in [0.2, 0.25) is 0 Å². The number of allylic oxidation sites excluding steroid dienone is 4. The van der Waals surface area contributed by atoms with Gasteiger partial charge >= 0.3 is 5.97 Å². The predicted molar refractivity (Wildman–Crippen MR) is 113 cm³/mol. The number of rotatable bonds is 4. The van der Waals surface area contributed by atoms with Gasteiger partial charge in [0.1, 0.15) is 0 Å². The standard InChI is InChI=1S/C25H32O7/c1-4-5-19-31-18-11-16-15-7-6-13-10-14(26)8-9-23(13,2)20(15)17(27)12-24(16,3)25(18,32-19)21(28)22(29)30/h8-10,15-20,27H,4-7,11-12H2,1-3H3,(H,29,30). The molecule has 5 rings (SSSR count). The molecule has 3 saturated carbocycles. The third kappa shape index (κ3) is 2.62. The summed E-state index contributed by atoms with van der Waals surface area (Å²) >= 11 is 0. The van der Waals surface area contributed by atoms with Crippen molar-refractivity contribution >= 4 is 17.5 Å². The highest BCUT2D eigenvalue weighted by molar-refractivity contribution is 6.36. The third-order valence-electron chi connectivity index (χ3n) is 9.35. The quantitative estimate of drug-likeness (QED) is 0.642. The number of carboxylic acids is 1. The van der Waals surface area contributed by atoms with Crippen molar-refractivity contribution in [2.75, 3.05) is 0 Å². The van der Waals surface area contributed by atoms with Gasteiger partial charge in [0, 0.05) is 16.7 Å². The highest BCUT2D eigenvalue weighted by Crippen LogP contribution is 2.69. The molecule has 7 nitrogen and oxygen atoms in total. The minimum Gasteiger partial charge on any atom is -0.475 e. The predicted octanol–water partition coefficient (Wildman–Crippen LogP) is 2.81. The van der Waals surface area contributed by atoms with Crippen LogP contribution in [0.3, 0.4) is 0 Å². The number of carbonyl (C=O) groups is 3. The van der Waals surface area contributed by atoms with Crippen molar-refractivity contribution in [3.8, 4) is 0 Å². The Labute approximate surface area is 187 Å². The fourth-order valence-corrected chi connectivity index (χ4v) is 8.06. The maximum atomic E-state index is 13.2. The molecule has 1 heterocycles. The first-order valence-corrected chi connectivity index (χ1v) is 11.8. The van der Waals surface area contributed by atoms with Gasteiger partial charge in [-0.15, -0.1) is 0 Å². The van der Waals surface area contributed by atoms with Crippen LogP contribution in [-0.2, 0) is 23.9 Å². The Kier molecular flexibility index (Phi) is 4.87. The van der Waals surface area contributed by atoms with Crippen molar-refractivity contribution in [3.05, 3.63) is 23.8 Å². The van der Waals surface area contributed by atoms with Crippen LogP contribution in [0.1, 0.15) is 59.3 Å². The van der Waals surface area contributed by atoms with Gasteiger partial charge in [-0.1, -0.05) is 38.8 Å². The fourth-order valence-electron chi connectivity index (χ4n) is 8.06. The minimum atomic E-state index is -1.58. The normalized spacial score (nSPS) is 49.0. The van der Waals surface area contributed by atoms with Crippen molar-refractivity contribution < 1.29 is 34.1 Å². The summed E-state index contributed by atoms with van der Waals surface area (Å²) in [4.78, 5) is 37.1. The van der Waals surface area contributed by atoms with Crippen LogP contribution in [0.2, 0.25) is 0 Å². The lowest BCUT2D eigenvalue weighted by Gasteiger charge is -2.59. The van der Waals surface area contributed by atoms with E-state index in [2.05, 4.69) is 6.92 Å². The van der Waals surface area contributed by atoms with E-state index in [0.717, 1.165) is 24.8 Å². The summed E-state index contributed by atoms with van der Waals surface area (Å²) in [5.41, 5.74) is -1.79. The maximum Gasteiger partial charge on any atom is 0.375 e. The van der Waals surface area contributed by atoms with Crippen molar-refractivity contribution in [1.29, 1.82) is 0 Å². The van der Waals surface area contributed by atoms with Crippen LogP contribution in [0.5, 0.6) is 0 Å². The van der Waals surface area contributed by atoms with Crippen molar-refractivity contribution in [1.82, 2.24) is 0 Å². The molecule has 5 aliphatic rings. The third-order valence-corrected chi connectivity index (χ3v) is 9.35. The number of Topliss-reactive ketones (excluding diaryl/α,β-unsaturated/α-hetero) is 1. The molecule has 2 N–H and O–H groups in total. The van der Waals surface area contributed by atoms with Crippen molar-refractivity contribution in [2.24, 2.45) is 28.6 Å². The molecule has 9 atom stereocenters. The second kappa shape index (κ2) is 7.08. The summed E-state index contributed by atoms with van der Waals surface area (Å²) in [6.45, 7) is 5.99. The molecule has 0 aromatic heterocycles. The van der Waals surface area contributed by atoms with E-state index in [9.17, 15) is 24.6 Å². The summed E-state index contributed by atoms with van der Waals surface area (Å²) < 4.78 is 12.4. The molecule has 0 bridgehead atoms. The Hall–Kier alpha value is -1.83. The molecular weight excluding hydrogens is 412 g/mol. The SMILES string of the molecule is CCCC1OC2CC3C4CCC5=CC(=O)C=CC5(C)C4C(O)CC3(C)C2(C(=O)C(=O)O)O1. The van der Waals surface area contributed by atoms with Crippen molar-refractivity contribution in [2.45, 2.75) is 83.4 Å². The average molecular weight is 445 g/mol. The summed E-state index contributed by atoms with van der Waals surface area (Å²) in [5, 5.41) is 21.2. The molecule has 32 heavy (non-hydrogen) atoms. The van der Waals surface area contributed by atoms with E-state index in [4.69, 9.17) is 9.47 Å². The highest BCUT2D eigenvalue weighted by Gasteiger charge is 2.76. The van der Waals surface area contributed by atoms with E-state index in [1.54, 1.807) is 12.2 Å². The number of fused-ring (bicyclic) bond motifs is 7. The molecule has 4 aliphatic carbocycles. The molecule has 1 saturated heterocycles. The van der Waals surface area contributed by atoms with Gasteiger partial charge in [-0.3, -0.25) is 9.59 Å². The molecule has 9 unspecified atom stereocenters. The fraction of sp³-hybridized carbons (Fsp3) is 0.720. The second-order valence-corrected chi connectivity index (χ2v) is 10.8. The molecular formula is C25H32O7. The van der Waals surface area contributed by atoms with Crippen LogP contribution in [0, 0.1) is 28.6 Å². The van der Waals surface area contributed by atoms with Crippen LogP contribution < -0.4 is 0 Å². The Morgan fingerprint density at radius 2 is 2.03 bits per heavy atom. The van der Waals surface area contributed by atoms with Crippen LogP contribution in [-0.4, -0.2) is 51.8 Å². The van der Waals surface area contributed by atoms with E-state index in [-0.39, 0.29) is 30.0 Å². The zero-order chi connectivity index (χ0) is 23.1. The zero-order valence-electron chi connectivity index (χ0n) is 18.9. The van der Waals surface area contributed by atoms with Crippen LogP contribution in [0.4, 0.5) is 0 Å². The molecule has 7 heteroatoms. The summed E-state index contributed by atoms with van der Waals surface area (Å²) in [7, 11) is 0. The number of hydrogen-bond acceptors (Lipinski definition) is 6. The average Bonchev–Trinajstić information content (AvgIpc) is 3.20. The van der Waals surface area contributed by atoms with Gasteiger partial charge < -0.3 is 19.7 Å². The van der Waals surface area contributed by atoms with Gasteiger partial charge in [-0.2, -0.15) is 0 Å². The largest absolute Gasteiger partial charge is 0.475 e. The molecule has 0 amide bonds. The molecule has 0 radical (unpaired) electrons. The van der Waals surface area contributed by atoms with Gasteiger partial charge in [0.15, 0.2) is 17.7 Å². The highest BCUT2D eigenvalue weighted by atomic mass is 16.7. The van der Waals surface area contributed by atoms with E-state index in [1.165, 1.54) is 0 Å². The summed E-state index contributed by atoms with van der Waals surface area (Å²) in [5.74, 6) is -2.53. The Bertz CT molecular complexity index is 937. The smallest absolute Gasteiger partial charge is 0.375 e. The van der Waals surface area contributed by atoms with Gasteiger partial charge in [0.05, 0.1) is 12.2 Å². The number of ketones is 2. The monoisotopic (exact) mass is 444 g/mol. The molecule has 0 aromatic rings. The number of hydrogen-bond donors (Lipinski definition) is 2.